The number of imidazole rings is 1. The fraction of sp³-hybridized carbons (Fsp3) is 0.286. The lowest BCUT2D eigenvalue weighted by Crippen LogP contribution is -2.31. The Hall–Kier alpha value is -2.09. The summed E-state index contributed by atoms with van der Waals surface area (Å²) in [4.78, 5) is 40.1. The standard InChI is InChI=1S/C7H8N4O4/c12-2-1-11-4-3(8-6(14)9-4)5(13)10-7(11)15/h12H,1-2H2,(H2,8,9,14)(H,10,13,15). The number of aromatic amines is 3. The first-order valence-corrected chi connectivity index (χ1v) is 4.19. The van der Waals surface area contributed by atoms with Gasteiger partial charge in [0.25, 0.3) is 5.56 Å². The van der Waals surface area contributed by atoms with Gasteiger partial charge in [-0.3, -0.25) is 24.3 Å². The molecule has 0 spiro atoms. The summed E-state index contributed by atoms with van der Waals surface area (Å²) in [5.41, 5.74) is -1.83. The molecule has 0 atom stereocenters. The lowest BCUT2D eigenvalue weighted by atomic mass is 10.5. The molecule has 2 heterocycles. The molecule has 0 aromatic carbocycles. The zero-order valence-corrected chi connectivity index (χ0v) is 7.53. The van der Waals surface area contributed by atoms with Crippen molar-refractivity contribution in [1.29, 1.82) is 0 Å². The summed E-state index contributed by atoms with van der Waals surface area (Å²) in [6.07, 6.45) is 0. The molecule has 0 aliphatic carbocycles. The highest BCUT2D eigenvalue weighted by Crippen LogP contribution is 1.96. The van der Waals surface area contributed by atoms with Gasteiger partial charge in [0.2, 0.25) is 0 Å². The van der Waals surface area contributed by atoms with E-state index in [0.29, 0.717) is 0 Å². The van der Waals surface area contributed by atoms with Crippen LogP contribution in [-0.2, 0) is 6.54 Å². The molecule has 2 aromatic heterocycles. The van der Waals surface area contributed by atoms with Gasteiger partial charge in [0.1, 0.15) is 5.65 Å². The number of hydrogen-bond donors (Lipinski definition) is 4. The maximum absolute atomic E-state index is 11.3. The highest BCUT2D eigenvalue weighted by molar-refractivity contribution is 5.68. The quantitative estimate of drug-likeness (QED) is 0.446. The third-order valence-corrected chi connectivity index (χ3v) is 1.99. The molecule has 2 aromatic rings. The van der Waals surface area contributed by atoms with Crippen LogP contribution in [0.4, 0.5) is 0 Å². The predicted octanol–water partition coefficient (Wildman–Crippen LogP) is -2.30. The third-order valence-electron chi connectivity index (χ3n) is 1.99. The number of fused-ring (bicyclic) bond motifs is 1. The van der Waals surface area contributed by atoms with Crippen molar-refractivity contribution in [3.63, 3.8) is 0 Å². The average Bonchev–Trinajstić information content (AvgIpc) is 2.55. The molecule has 0 aliphatic heterocycles. The van der Waals surface area contributed by atoms with Gasteiger partial charge >= 0.3 is 11.4 Å². The van der Waals surface area contributed by atoms with Crippen LogP contribution in [-0.4, -0.2) is 31.2 Å². The van der Waals surface area contributed by atoms with Gasteiger partial charge in [-0.15, -0.1) is 0 Å². The second kappa shape index (κ2) is 3.24. The molecule has 0 saturated heterocycles. The van der Waals surface area contributed by atoms with E-state index in [1.165, 1.54) is 0 Å². The van der Waals surface area contributed by atoms with Crippen LogP contribution in [0.2, 0.25) is 0 Å². The minimum absolute atomic E-state index is 0.0000926. The summed E-state index contributed by atoms with van der Waals surface area (Å²) >= 11 is 0. The fourth-order valence-corrected chi connectivity index (χ4v) is 1.38. The molecule has 80 valence electrons. The summed E-state index contributed by atoms with van der Waals surface area (Å²) in [6.45, 7) is -0.270. The Morgan fingerprint density at radius 1 is 1.13 bits per heavy atom. The van der Waals surface area contributed by atoms with Gasteiger partial charge in [0.05, 0.1) is 13.2 Å². The van der Waals surface area contributed by atoms with E-state index in [4.69, 9.17) is 5.11 Å². The van der Waals surface area contributed by atoms with Crippen LogP contribution < -0.4 is 16.9 Å². The van der Waals surface area contributed by atoms with Crippen molar-refractivity contribution >= 4 is 11.2 Å². The van der Waals surface area contributed by atoms with E-state index in [-0.39, 0.29) is 24.3 Å². The van der Waals surface area contributed by atoms with Crippen molar-refractivity contribution in [2.24, 2.45) is 0 Å². The molecule has 2 rings (SSSR count). The maximum Gasteiger partial charge on any atom is 0.330 e. The summed E-state index contributed by atoms with van der Waals surface area (Å²) in [6, 6.07) is 0. The fourth-order valence-electron chi connectivity index (χ4n) is 1.38. The molecule has 0 bridgehead atoms. The SMILES string of the molecule is O=c1[nH]c2c(=O)[nH]c(=O)n(CCO)c2[nH]1. The zero-order chi connectivity index (χ0) is 11.0. The molecule has 0 fully saturated rings. The van der Waals surface area contributed by atoms with Crippen LogP contribution in [0.15, 0.2) is 14.4 Å². The monoisotopic (exact) mass is 212 g/mol. The molecule has 8 heteroatoms. The Balaban J connectivity index is 2.95. The minimum atomic E-state index is -0.670. The molecular weight excluding hydrogens is 204 g/mol. The maximum atomic E-state index is 11.3. The third kappa shape index (κ3) is 1.40. The lowest BCUT2D eigenvalue weighted by Gasteiger charge is -2.02. The van der Waals surface area contributed by atoms with Gasteiger partial charge in [-0.25, -0.2) is 9.59 Å². The van der Waals surface area contributed by atoms with E-state index in [1.807, 2.05) is 4.98 Å². The van der Waals surface area contributed by atoms with Crippen molar-refractivity contribution in [2.45, 2.75) is 6.54 Å². The summed E-state index contributed by atoms with van der Waals surface area (Å²) in [5, 5.41) is 8.73. The van der Waals surface area contributed by atoms with Crippen LogP contribution in [0.5, 0.6) is 0 Å². The molecule has 15 heavy (non-hydrogen) atoms. The van der Waals surface area contributed by atoms with Gasteiger partial charge in [0.15, 0.2) is 5.52 Å². The Labute approximate surface area is 81.2 Å². The second-order valence-electron chi connectivity index (χ2n) is 2.94. The number of rotatable bonds is 2. The van der Waals surface area contributed by atoms with Crippen molar-refractivity contribution in [3.8, 4) is 0 Å². The number of nitrogens with zero attached hydrogens (tertiary/aromatic N) is 1. The molecular formula is C7H8N4O4. The molecule has 0 radical (unpaired) electrons. The number of hydrogen-bond acceptors (Lipinski definition) is 4. The highest BCUT2D eigenvalue weighted by atomic mass is 16.3. The molecule has 0 unspecified atom stereocenters. The van der Waals surface area contributed by atoms with E-state index in [1.54, 1.807) is 0 Å². The van der Waals surface area contributed by atoms with Gasteiger partial charge in [-0.1, -0.05) is 0 Å². The average molecular weight is 212 g/mol. The van der Waals surface area contributed by atoms with Crippen molar-refractivity contribution < 1.29 is 5.11 Å². The number of aliphatic hydroxyl groups is 1. The molecule has 4 N–H and O–H groups in total. The zero-order valence-electron chi connectivity index (χ0n) is 7.53. The second-order valence-corrected chi connectivity index (χ2v) is 2.94. The Bertz CT molecular complexity index is 658. The molecule has 8 nitrogen and oxygen atoms in total. The van der Waals surface area contributed by atoms with Gasteiger partial charge < -0.3 is 5.11 Å². The van der Waals surface area contributed by atoms with Crippen LogP contribution in [0.1, 0.15) is 0 Å². The topological polar surface area (TPSA) is 124 Å². The van der Waals surface area contributed by atoms with Crippen molar-refractivity contribution in [3.05, 3.63) is 31.3 Å². The molecule has 0 saturated carbocycles. The highest BCUT2D eigenvalue weighted by Gasteiger charge is 2.09. The van der Waals surface area contributed by atoms with E-state index in [2.05, 4.69) is 9.97 Å². The summed E-state index contributed by atoms with van der Waals surface area (Å²) in [7, 11) is 0. The van der Waals surface area contributed by atoms with E-state index < -0.39 is 16.9 Å². The largest absolute Gasteiger partial charge is 0.395 e. The number of H-pyrrole nitrogens is 3. The number of nitrogens with one attached hydrogen (secondary N) is 3. The van der Waals surface area contributed by atoms with E-state index in [9.17, 15) is 14.4 Å². The smallest absolute Gasteiger partial charge is 0.330 e. The van der Waals surface area contributed by atoms with Gasteiger partial charge in [0, 0.05) is 0 Å². The predicted molar refractivity (Wildman–Crippen MR) is 50.9 cm³/mol. The van der Waals surface area contributed by atoms with Gasteiger partial charge in [-0.2, -0.15) is 0 Å². The number of aliphatic hydroxyl groups excluding tert-OH is 1. The van der Waals surface area contributed by atoms with Crippen molar-refractivity contribution in [1.82, 2.24) is 19.5 Å². The Morgan fingerprint density at radius 2 is 1.87 bits per heavy atom. The number of aromatic nitrogens is 4. The molecule has 0 amide bonds. The Kier molecular flexibility index (Phi) is 2.05. The van der Waals surface area contributed by atoms with Crippen molar-refractivity contribution in [2.75, 3.05) is 6.61 Å². The summed E-state index contributed by atoms with van der Waals surface area (Å²) < 4.78 is 1.08. The summed E-state index contributed by atoms with van der Waals surface area (Å²) in [5.74, 6) is 0. The van der Waals surface area contributed by atoms with E-state index >= 15 is 0 Å². The van der Waals surface area contributed by atoms with E-state index in [0.717, 1.165) is 4.57 Å². The first kappa shape index (κ1) is 9.46. The normalized spacial score (nSPS) is 11.0. The van der Waals surface area contributed by atoms with Crippen LogP contribution >= 0.6 is 0 Å². The minimum Gasteiger partial charge on any atom is -0.395 e. The van der Waals surface area contributed by atoms with Crippen LogP contribution in [0.25, 0.3) is 11.2 Å². The van der Waals surface area contributed by atoms with Crippen LogP contribution in [0.3, 0.4) is 0 Å². The van der Waals surface area contributed by atoms with Crippen LogP contribution in [0, 0.1) is 0 Å². The Morgan fingerprint density at radius 3 is 2.53 bits per heavy atom. The first-order valence-electron chi connectivity index (χ1n) is 4.19. The first-order chi connectivity index (χ1) is 7.13. The molecule has 0 aliphatic rings. The van der Waals surface area contributed by atoms with Gasteiger partial charge in [-0.05, 0) is 0 Å². The lowest BCUT2D eigenvalue weighted by molar-refractivity contribution is 0.275.